The highest BCUT2D eigenvalue weighted by molar-refractivity contribution is 6.10. The Bertz CT molecular complexity index is 1140. The van der Waals surface area contributed by atoms with Gasteiger partial charge >= 0.3 is 0 Å². The van der Waals surface area contributed by atoms with Gasteiger partial charge < -0.3 is 9.73 Å². The van der Waals surface area contributed by atoms with Gasteiger partial charge in [-0.25, -0.2) is 0 Å². The van der Waals surface area contributed by atoms with E-state index in [0.29, 0.717) is 5.69 Å². The van der Waals surface area contributed by atoms with Crippen molar-refractivity contribution >= 4 is 45.3 Å². The second kappa shape index (κ2) is 6.72. The fourth-order valence-corrected chi connectivity index (χ4v) is 4.79. The normalized spacial score (nSPS) is 18.8. The van der Waals surface area contributed by atoms with Crippen LogP contribution in [0.25, 0.3) is 21.9 Å². The van der Waals surface area contributed by atoms with E-state index in [0.717, 1.165) is 58.9 Å². The van der Waals surface area contributed by atoms with E-state index in [2.05, 4.69) is 5.32 Å². The highest BCUT2D eigenvalue weighted by atomic mass is 16.3. The van der Waals surface area contributed by atoms with E-state index in [9.17, 15) is 14.4 Å². The average molecular weight is 390 g/mol. The predicted molar refractivity (Wildman–Crippen MR) is 109 cm³/mol. The first-order valence-corrected chi connectivity index (χ1v) is 10.1. The molecule has 29 heavy (non-hydrogen) atoms. The number of likely N-dealkylation sites (tertiary alicyclic amines) is 1. The van der Waals surface area contributed by atoms with Gasteiger partial charge in [-0.1, -0.05) is 37.5 Å². The van der Waals surface area contributed by atoms with Crippen molar-refractivity contribution in [2.75, 3.05) is 11.9 Å². The van der Waals surface area contributed by atoms with Gasteiger partial charge in [0.15, 0.2) is 0 Å². The number of para-hydroxylation sites is 1. The van der Waals surface area contributed by atoms with Crippen molar-refractivity contribution in [2.45, 2.75) is 38.5 Å². The first-order valence-electron chi connectivity index (χ1n) is 10.1. The van der Waals surface area contributed by atoms with Crippen molar-refractivity contribution in [1.82, 2.24) is 4.90 Å². The Labute approximate surface area is 167 Å². The van der Waals surface area contributed by atoms with Gasteiger partial charge in [0.25, 0.3) is 0 Å². The highest BCUT2D eigenvalue weighted by Gasteiger charge is 2.51. The van der Waals surface area contributed by atoms with Crippen molar-refractivity contribution in [2.24, 2.45) is 5.41 Å². The van der Waals surface area contributed by atoms with E-state index in [1.165, 1.54) is 0 Å². The molecule has 3 amide bonds. The molecule has 1 aliphatic heterocycles. The third kappa shape index (κ3) is 2.99. The van der Waals surface area contributed by atoms with Crippen LogP contribution in [0.3, 0.4) is 0 Å². The zero-order valence-electron chi connectivity index (χ0n) is 16.1. The second-order valence-corrected chi connectivity index (χ2v) is 8.16. The number of imide groups is 1. The van der Waals surface area contributed by atoms with E-state index >= 15 is 0 Å². The summed E-state index contributed by atoms with van der Waals surface area (Å²) in [5, 5.41) is 4.71. The maximum atomic E-state index is 12.9. The highest BCUT2D eigenvalue weighted by Crippen LogP contribution is 2.45. The van der Waals surface area contributed by atoms with Crippen LogP contribution in [-0.4, -0.2) is 29.2 Å². The van der Waals surface area contributed by atoms with Gasteiger partial charge in [-0.2, -0.15) is 0 Å². The number of carbonyl (C=O) groups excluding carboxylic acids is 3. The topological polar surface area (TPSA) is 79.6 Å². The van der Waals surface area contributed by atoms with Gasteiger partial charge in [-0.15, -0.1) is 0 Å². The maximum Gasteiger partial charge on any atom is 0.244 e. The smallest absolute Gasteiger partial charge is 0.244 e. The van der Waals surface area contributed by atoms with Gasteiger partial charge in [-0.05, 0) is 37.1 Å². The molecule has 2 heterocycles. The predicted octanol–water partition coefficient (Wildman–Crippen LogP) is 4.23. The number of hydrogen-bond acceptors (Lipinski definition) is 4. The number of nitrogens with one attached hydrogen (secondary N) is 1. The van der Waals surface area contributed by atoms with Gasteiger partial charge in [0.05, 0.1) is 5.41 Å². The van der Waals surface area contributed by atoms with E-state index in [-0.39, 0.29) is 30.7 Å². The minimum Gasteiger partial charge on any atom is -0.456 e. The lowest BCUT2D eigenvalue weighted by atomic mass is 9.73. The van der Waals surface area contributed by atoms with Crippen molar-refractivity contribution in [3.8, 4) is 0 Å². The third-order valence-electron chi connectivity index (χ3n) is 6.26. The first-order chi connectivity index (χ1) is 14.1. The summed E-state index contributed by atoms with van der Waals surface area (Å²) in [6.45, 7) is -0.233. The fourth-order valence-electron chi connectivity index (χ4n) is 4.79. The van der Waals surface area contributed by atoms with Crippen molar-refractivity contribution in [3.63, 3.8) is 0 Å². The lowest BCUT2D eigenvalue weighted by Gasteiger charge is -2.30. The minimum absolute atomic E-state index is 0.173. The summed E-state index contributed by atoms with van der Waals surface area (Å²) in [5.41, 5.74) is 1.58. The SMILES string of the molecule is O=C(CN1C(=O)CC2(CCCCC2)C1=O)Nc1ccc2oc3ccccc3c2c1. The standard InChI is InChI=1S/C23H22N2O4/c26-20(14-25-21(27)13-23(22(25)28)10-4-1-5-11-23)24-15-8-9-19-17(12-15)16-6-2-3-7-18(16)29-19/h2-3,6-9,12H,1,4-5,10-11,13-14H2,(H,24,26). The van der Waals surface area contributed by atoms with Crippen molar-refractivity contribution in [1.29, 1.82) is 0 Å². The summed E-state index contributed by atoms with van der Waals surface area (Å²) >= 11 is 0. The fraction of sp³-hybridized carbons (Fsp3) is 0.348. The summed E-state index contributed by atoms with van der Waals surface area (Å²) in [7, 11) is 0. The van der Waals surface area contributed by atoms with Crippen molar-refractivity contribution < 1.29 is 18.8 Å². The average Bonchev–Trinajstić information content (AvgIpc) is 3.19. The van der Waals surface area contributed by atoms with Gasteiger partial charge in [0, 0.05) is 22.9 Å². The molecule has 6 heteroatoms. The summed E-state index contributed by atoms with van der Waals surface area (Å²) in [6, 6.07) is 13.2. The van der Waals surface area contributed by atoms with E-state index in [4.69, 9.17) is 4.42 Å². The van der Waals surface area contributed by atoms with Crippen LogP contribution in [0, 0.1) is 5.41 Å². The Morgan fingerprint density at radius 3 is 2.59 bits per heavy atom. The molecule has 2 aliphatic rings. The molecule has 6 nitrogen and oxygen atoms in total. The number of anilines is 1. The molecule has 0 bridgehead atoms. The minimum atomic E-state index is -0.565. The largest absolute Gasteiger partial charge is 0.456 e. The van der Waals surface area contributed by atoms with Crippen LogP contribution < -0.4 is 5.32 Å². The van der Waals surface area contributed by atoms with Gasteiger partial charge in [-0.3, -0.25) is 19.3 Å². The lowest BCUT2D eigenvalue weighted by molar-refractivity contribution is -0.144. The van der Waals surface area contributed by atoms with Crippen LogP contribution in [0.1, 0.15) is 38.5 Å². The zero-order chi connectivity index (χ0) is 20.0. The molecular formula is C23H22N2O4. The molecule has 1 aromatic heterocycles. The Kier molecular flexibility index (Phi) is 4.15. The molecule has 1 aliphatic carbocycles. The third-order valence-corrected chi connectivity index (χ3v) is 6.26. The summed E-state index contributed by atoms with van der Waals surface area (Å²) < 4.78 is 5.80. The molecular weight excluding hydrogens is 368 g/mol. The van der Waals surface area contributed by atoms with Crippen LogP contribution in [-0.2, 0) is 14.4 Å². The molecule has 1 N–H and O–H groups in total. The van der Waals surface area contributed by atoms with Crippen LogP contribution >= 0.6 is 0 Å². The summed E-state index contributed by atoms with van der Waals surface area (Å²) in [6.07, 6.45) is 4.79. The van der Waals surface area contributed by atoms with E-state index < -0.39 is 5.41 Å². The Balaban J connectivity index is 1.33. The van der Waals surface area contributed by atoms with Crippen LogP contribution in [0.5, 0.6) is 0 Å². The number of benzene rings is 2. The molecule has 5 rings (SSSR count). The monoisotopic (exact) mass is 390 g/mol. The maximum absolute atomic E-state index is 12.9. The summed E-state index contributed by atoms with van der Waals surface area (Å²) in [4.78, 5) is 39.1. The summed E-state index contributed by atoms with van der Waals surface area (Å²) in [5.74, 6) is -0.774. The molecule has 1 saturated carbocycles. The first kappa shape index (κ1) is 17.9. The molecule has 0 unspecified atom stereocenters. The lowest BCUT2D eigenvalue weighted by Crippen LogP contribution is -2.41. The van der Waals surface area contributed by atoms with Gasteiger partial charge in [0.2, 0.25) is 17.7 Å². The molecule has 0 atom stereocenters. The second-order valence-electron chi connectivity index (χ2n) is 8.16. The van der Waals surface area contributed by atoms with Gasteiger partial charge in [0.1, 0.15) is 17.7 Å². The van der Waals surface area contributed by atoms with E-state index in [1.807, 2.05) is 36.4 Å². The zero-order valence-corrected chi connectivity index (χ0v) is 16.1. The van der Waals surface area contributed by atoms with Crippen LogP contribution in [0.2, 0.25) is 0 Å². The Hall–Kier alpha value is -3.15. The molecule has 0 radical (unpaired) electrons. The van der Waals surface area contributed by atoms with Crippen LogP contribution in [0.15, 0.2) is 46.9 Å². The quantitative estimate of drug-likeness (QED) is 0.679. The van der Waals surface area contributed by atoms with E-state index in [1.54, 1.807) is 6.07 Å². The number of furan rings is 1. The van der Waals surface area contributed by atoms with Crippen molar-refractivity contribution in [3.05, 3.63) is 42.5 Å². The molecule has 1 saturated heterocycles. The van der Waals surface area contributed by atoms with Crippen LogP contribution in [0.4, 0.5) is 5.69 Å². The number of amides is 3. The number of nitrogens with zero attached hydrogens (tertiary/aromatic N) is 1. The number of hydrogen-bond donors (Lipinski definition) is 1. The molecule has 2 fully saturated rings. The molecule has 3 aromatic rings. The number of rotatable bonds is 3. The molecule has 1 spiro atoms. The Morgan fingerprint density at radius 1 is 1.00 bits per heavy atom. The molecule has 148 valence electrons. The number of carbonyl (C=O) groups is 3. The number of fused-ring (bicyclic) bond motifs is 3. The molecule has 2 aromatic carbocycles. The Morgan fingerprint density at radius 2 is 1.76 bits per heavy atom.